The van der Waals surface area contributed by atoms with Crippen molar-refractivity contribution in [3.63, 3.8) is 0 Å². The molecule has 1 aromatic rings. The summed E-state index contributed by atoms with van der Waals surface area (Å²) >= 11 is 4.87. The van der Waals surface area contributed by atoms with E-state index in [1.165, 1.54) is 25.1 Å². The molecule has 0 aliphatic rings. The second-order valence-corrected chi connectivity index (χ2v) is 3.85. The van der Waals surface area contributed by atoms with Crippen LogP contribution in [0.2, 0.25) is 0 Å². The number of benzene rings is 1. The van der Waals surface area contributed by atoms with Crippen LogP contribution in [0.1, 0.15) is 6.92 Å². The Kier molecular flexibility index (Phi) is 4.28. The molecule has 0 bridgehead atoms. The number of hydrogen-bond donors (Lipinski definition) is 2. The van der Waals surface area contributed by atoms with Crippen molar-refractivity contribution in [3.8, 4) is 0 Å². The number of Topliss-reactive ketones (excluding diaryl/α,β-unsaturated/α-hetero) is 1. The molecule has 1 unspecified atom stereocenters. The highest BCUT2D eigenvalue weighted by Gasteiger charge is 2.26. The van der Waals surface area contributed by atoms with Gasteiger partial charge in [-0.15, -0.1) is 0 Å². The highest BCUT2D eigenvalue weighted by molar-refractivity contribution is 7.80. The maximum absolute atomic E-state index is 13.3. The van der Waals surface area contributed by atoms with Gasteiger partial charge in [0.15, 0.2) is 0 Å². The Morgan fingerprint density at radius 3 is 2.47 bits per heavy atom. The van der Waals surface area contributed by atoms with Crippen LogP contribution in [0.5, 0.6) is 0 Å². The number of carbonyl (C=O) groups excluding carboxylic acids is 2. The van der Waals surface area contributed by atoms with Crippen LogP contribution in [0.3, 0.4) is 0 Å². The van der Waals surface area contributed by atoms with E-state index in [4.69, 9.17) is 18.0 Å². The van der Waals surface area contributed by atoms with Crippen molar-refractivity contribution in [1.29, 1.82) is 0 Å². The van der Waals surface area contributed by atoms with Gasteiger partial charge in [-0.05, 0) is 19.1 Å². The molecule has 17 heavy (non-hydrogen) atoms. The van der Waals surface area contributed by atoms with E-state index in [1.54, 1.807) is 6.07 Å². The van der Waals surface area contributed by atoms with Gasteiger partial charge in [0.1, 0.15) is 17.5 Å². The Morgan fingerprint density at radius 2 is 2.00 bits per heavy atom. The molecule has 4 nitrogen and oxygen atoms in total. The molecular formula is C11H11FN2O2S. The van der Waals surface area contributed by atoms with Gasteiger partial charge in [-0.2, -0.15) is 0 Å². The molecule has 90 valence electrons. The first-order valence-corrected chi connectivity index (χ1v) is 5.19. The topological polar surface area (TPSA) is 72.2 Å². The summed E-state index contributed by atoms with van der Waals surface area (Å²) in [6, 6.07) is 5.79. The molecule has 1 amide bonds. The summed E-state index contributed by atoms with van der Waals surface area (Å²) in [6.45, 7) is 1.20. The van der Waals surface area contributed by atoms with Crippen molar-refractivity contribution in [3.05, 3.63) is 30.1 Å². The molecule has 0 spiro atoms. The molecule has 0 aromatic heterocycles. The molecule has 0 saturated carbocycles. The van der Waals surface area contributed by atoms with Gasteiger partial charge in [-0.25, -0.2) is 4.39 Å². The number of thiocarbonyl (C=S) groups is 1. The van der Waals surface area contributed by atoms with Crippen molar-refractivity contribution < 1.29 is 14.0 Å². The van der Waals surface area contributed by atoms with Crippen LogP contribution in [-0.4, -0.2) is 16.7 Å². The Bertz CT molecular complexity index is 462. The maximum Gasteiger partial charge on any atom is 0.234 e. The minimum Gasteiger partial charge on any atom is -0.369 e. The van der Waals surface area contributed by atoms with E-state index in [-0.39, 0.29) is 10.7 Å². The van der Waals surface area contributed by atoms with Gasteiger partial charge in [-0.1, -0.05) is 24.4 Å². The number of anilines is 1. The standard InChI is InChI=1S/C11H11FN2O2S/c1-6(15)9(10(13)16)11(17)14-8-5-3-2-4-7(8)12/h2-5,9H,1H3,(H2,13,16)(H,14,17). The molecule has 1 atom stereocenters. The molecule has 0 aliphatic carbocycles. The number of carbonyl (C=O) groups is 2. The smallest absolute Gasteiger partial charge is 0.234 e. The molecule has 0 aliphatic heterocycles. The van der Waals surface area contributed by atoms with Crippen molar-refractivity contribution in [2.24, 2.45) is 11.7 Å². The van der Waals surface area contributed by atoms with Gasteiger partial charge < -0.3 is 11.1 Å². The molecule has 1 aromatic carbocycles. The molecule has 0 radical (unpaired) electrons. The summed E-state index contributed by atoms with van der Waals surface area (Å²) in [7, 11) is 0. The first kappa shape index (κ1) is 13.2. The largest absolute Gasteiger partial charge is 0.369 e. The first-order chi connectivity index (χ1) is 7.93. The van der Waals surface area contributed by atoms with Gasteiger partial charge in [-0.3, -0.25) is 9.59 Å². The fourth-order valence-electron chi connectivity index (χ4n) is 1.28. The number of ketones is 1. The molecule has 1 rings (SSSR count). The quantitative estimate of drug-likeness (QED) is 0.626. The monoisotopic (exact) mass is 254 g/mol. The average Bonchev–Trinajstić information content (AvgIpc) is 2.20. The molecule has 0 heterocycles. The molecule has 0 fully saturated rings. The van der Waals surface area contributed by atoms with E-state index in [9.17, 15) is 14.0 Å². The summed E-state index contributed by atoms with van der Waals surface area (Å²) in [5.41, 5.74) is 5.15. The Hall–Kier alpha value is -1.82. The maximum atomic E-state index is 13.3. The second kappa shape index (κ2) is 5.49. The van der Waals surface area contributed by atoms with Crippen LogP contribution in [0.4, 0.5) is 10.1 Å². The van der Waals surface area contributed by atoms with Gasteiger partial charge >= 0.3 is 0 Å². The van der Waals surface area contributed by atoms with E-state index in [0.29, 0.717) is 0 Å². The zero-order valence-corrected chi connectivity index (χ0v) is 9.88. The highest BCUT2D eigenvalue weighted by Crippen LogP contribution is 2.14. The summed E-state index contributed by atoms with van der Waals surface area (Å²) < 4.78 is 13.3. The van der Waals surface area contributed by atoms with E-state index in [2.05, 4.69) is 5.32 Å². The van der Waals surface area contributed by atoms with Crippen LogP contribution < -0.4 is 11.1 Å². The van der Waals surface area contributed by atoms with Crippen molar-refractivity contribution >= 4 is 34.6 Å². The zero-order valence-electron chi connectivity index (χ0n) is 9.07. The SMILES string of the molecule is CC(=O)C(C(N)=O)C(=S)Nc1ccccc1F. The lowest BCUT2D eigenvalue weighted by Crippen LogP contribution is -2.38. The molecular weight excluding hydrogens is 243 g/mol. The third kappa shape index (κ3) is 3.32. The van der Waals surface area contributed by atoms with E-state index in [0.717, 1.165) is 0 Å². The highest BCUT2D eigenvalue weighted by atomic mass is 32.1. The van der Waals surface area contributed by atoms with Crippen LogP contribution in [0.25, 0.3) is 0 Å². The minimum atomic E-state index is -1.23. The summed E-state index contributed by atoms with van der Waals surface area (Å²) in [5, 5.41) is 2.51. The number of amides is 1. The number of para-hydroxylation sites is 1. The van der Waals surface area contributed by atoms with Crippen LogP contribution in [0, 0.1) is 11.7 Å². The lowest BCUT2D eigenvalue weighted by molar-refractivity contribution is -0.128. The normalized spacial score (nSPS) is 11.6. The Balaban J connectivity index is 2.89. The van der Waals surface area contributed by atoms with Gasteiger partial charge in [0.05, 0.1) is 10.7 Å². The number of nitrogens with one attached hydrogen (secondary N) is 1. The minimum absolute atomic E-state index is 0.102. The summed E-state index contributed by atoms with van der Waals surface area (Å²) in [5.74, 6) is -3.09. The Labute approximate surface area is 103 Å². The molecule has 0 saturated heterocycles. The van der Waals surface area contributed by atoms with E-state index in [1.807, 2.05) is 0 Å². The predicted molar refractivity (Wildman–Crippen MR) is 66.0 cm³/mol. The van der Waals surface area contributed by atoms with Crippen LogP contribution >= 0.6 is 12.2 Å². The Morgan fingerprint density at radius 1 is 1.41 bits per heavy atom. The number of rotatable bonds is 4. The number of halogens is 1. The number of primary amides is 1. The summed E-state index contributed by atoms with van der Waals surface area (Å²) in [4.78, 5) is 22.1. The lowest BCUT2D eigenvalue weighted by Gasteiger charge is -2.14. The lowest BCUT2D eigenvalue weighted by atomic mass is 10.0. The zero-order chi connectivity index (χ0) is 13.0. The van der Waals surface area contributed by atoms with Crippen molar-refractivity contribution in [2.45, 2.75) is 6.92 Å². The van der Waals surface area contributed by atoms with E-state index < -0.39 is 23.4 Å². The van der Waals surface area contributed by atoms with Crippen molar-refractivity contribution in [2.75, 3.05) is 5.32 Å². The molecule has 3 N–H and O–H groups in total. The van der Waals surface area contributed by atoms with Gasteiger partial charge in [0, 0.05) is 0 Å². The third-order valence-corrected chi connectivity index (χ3v) is 2.42. The summed E-state index contributed by atoms with van der Waals surface area (Å²) in [6.07, 6.45) is 0. The van der Waals surface area contributed by atoms with Crippen molar-refractivity contribution in [1.82, 2.24) is 0 Å². The van der Waals surface area contributed by atoms with E-state index >= 15 is 0 Å². The predicted octanol–water partition coefficient (Wildman–Crippen LogP) is 1.26. The molecule has 6 heteroatoms. The van der Waals surface area contributed by atoms with Crippen LogP contribution in [-0.2, 0) is 9.59 Å². The fourth-order valence-corrected chi connectivity index (χ4v) is 1.67. The fraction of sp³-hybridized carbons (Fsp3) is 0.182. The number of hydrogen-bond acceptors (Lipinski definition) is 3. The second-order valence-electron chi connectivity index (χ2n) is 3.42. The third-order valence-electron chi connectivity index (χ3n) is 2.08. The number of nitrogens with two attached hydrogens (primary N) is 1. The first-order valence-electron chi connectivity index (χ1n) is 4.78. The van der Waals surface area contributed by atoms with Gasteiger partial charge in [0.2, 0.25) is 5.91 Å². The van der Waals surface area contributed by atoms with Crippen LogP contribution in [0.15, 0.2) is 24.3 Å². The van der Waals surface area contributed by atoms with Gasteiger partial charge in [0.25, 0.3) is 0 Å². The average molecular weight is 254 g/mol.